The number of carboxylic acid groups (broad SMARTS) is 1. The van der Waals surface area contributed by atoms with E-state index in [0.717, 1.165) is 56.5 Å². The molecule has 1 fully saturated rings. The Labute approximate surface area is 142 Å². The Hall–Kier alpha value is -1.89. The minimum Gasteiger partial charge on any atom is -0.478 e. The van der Waals surface area contributed by atoms with E-state index >= 15 is 0 Å². The van der Waals surface area contributed by atoms with Gasteiger partial charge in [-0.1, -0.05) is 12.1 Å². The van der Waals surface area contributed by atoms with Crippen LogP contribution in [0.15, 0.2) is 24.4 Å². The smallest absolute Gasteiger partial charge is 0.337 e. The van der Waals surface area contributed by atoms with Crippen molar-refractivity contribution in [3.8, 4) is 0 Å². The number of piperazine rings is 1. The van der Waals surface area contributed by atoms with Crippen molar-refractivity contribution in [1.82, 2.24) is 14.8 Å². The summed E-state index contributed by atoms with van der Waals surface area (Å²) in [5.41, 5.74) is 8.08. The predicted octanol–water partition coefficient (Wildman–Crippen LogP) is 1.14. The Bertz CT molecular complexity index is 704. The van der Waals surface area contributed by atoms with Crippen LogP contribution in [0.25, 0.3) is 10.9 Å². The molecule has 0 amide bonds. The Balaban J connectivity index is 1.79. The van der Waals surface area contributed by atoms with Gasteiger partial charge in [0.15, 0.2) is 0 Å². The summed E-state index contributed by atoms with van der Waals surface area (Å²) in [6, 6.07) is 5.52. The second-order valence-electron chi connectivity index (χ2n) is 6.34. The zero-order valence-corrected chi connectivity index (χ0v) is 14.0. The highest BCUT2D eigenvalue weighted by Gasteiger charge is 2.16. The van der Waals surface area contributed by atoms with Crippen molar-refractivity contribution < 1.29 is 9.90 Å². The maximum Gasteiger partial charge on any atom is 0.337 e. The van der Waals surface area contributed by atoms with E-state index in [1.807, 2.05) is 16.7 Å². The Kier molecular flexibility index (Phi) is 5.50. The highest BCUT2D eigenvalue weighted by atomic mass is 16.4. The lowest BCUT2D eigenvalue weighted by atomic mass is 10.1. The van der Waals surface area contributed by atoms with Crippen molar-refractivity contribution in [3.05, 3.63) is 35.5 Å². The number of aromatic carboxylic acids is 1. The average molecular weight is 330 g/mol. The molecular formula is C18H26N4O2. The summed E-state index contributed by atoms with van der Waals surface area (Å²) < 4.78 is 2.00. The van der Waals surface area contributed by atoms with Crippen molar-refractivity contribution >= 4 is 16.9 Å². The second-order valence-corrected chi connectivity index (χ2v) is 6.34. The quantitative estimate of drug-likeness (QED) is 0.709. The minimum absolute atomic E-state index is 0.356. The number of aryl methyl sites for hydroxylation is 1. The number of benzene rings is 1. The first-order valence-electron chi connectivity index (χ1n) is 8.68. The molecule has 0 radical (unpaired) electrons. The molecule has 1 saturated heterocycles. The van der Waals surface area contributed by atoms with Crippen molar-refractivity contribution in [2.75, 3.05) is 39.3 Å². The zero-order valence-electron chi connectivity index (χ0n) is 14.0. The van der Waals surface area contributed by atoms with Gasteiger partial charge in [0.05, 0.1) is 11.1 Å². The number of carboxylic acids is 1. The van der Waals surface area contributed by atoms with Crippen LogP contribution in [0.5, 0.6) is 0 Å². The van der Waals surface area contributed by atoms with Crippen LogP contribution >= 0.6 is 0 Å². The third kappa shape index (κ3) is 3.61. The molecule has 6 heteroatoms. The van der Waals surface area contributed by atoms with Gasteiger partial charge in [0, 0.05) is 50.9 Å². The summed E-state index contributed by atoms with van der Waals surface area (Å²) in [5, 5.41) is 13.9. The third-order valence-corrected chi connectivity index (χ3v) is 4.71. The zero-order chi connectivity index (χ0) is 16.9. The van der Waals surface area contributed by atoms with Gasteiger partial charge in [-0.05, 0) is 31.0 Å². The molecule has 1 aliphatic heterocycles. The van der Waals surface area contributed by atoms with Gasteiger partial charge >= 0.3 is 5.97 Å². The van der Waals surface area contributed by atoms with Crippen molar-refractivity contribution in [1.29, 1.82) is 0 Å². The van der Waals surface area contributed by atoms with Crippen LogP contribution in [0, 0.1) is 0 Å². The highest BCUT2D eigenvalue weighted by molar-refractivity contribution is 6.03. The molecule has 0 saturated carbocycles. The van der Waals surface area contributed by atoms with Gasteiger partial charge in [-0.15, -0.1) is 0 Å². The number of nitrogens with zero attached hydrogens (tertiary/aromatic N) is 2. The molecule has 2 aromatic rings. The fraction of sp³-hybridized carbons (Fsp3) is 0.500. The van der Waals surface area contributed by atoms with Crippen LogP contribution in [0.2, 0.25) is 0 Å². The number of nitrogens with one attached hydrogen (secondary N) is 1. The lowest BCUT2D eigenvalue weighted by Crippen LogP contribution is -2.43. The van der Waals surface area contributed by atoms with Gasteiger partial charge in [0.1, 0.15) is 0 Å². The van der Waals surface area contributed by atoms with Crippen LogP contribution in [0.1, 0.15) is 22.3 Å². The molecule has 0 spiro atoms. The molecule has 1 aromatic heterocycles. The Morgan fingerprint density at radius 3 is 2.75 bits per heavy atom. The van der Waals surface area contributed by atoms with Gasteiger partial charge in [-0.3, -0.25) is 0 Å². The normalized spacial score (nSPS) is 15.9. The number of carbonyl (C=O) groups is 1. The van der Waals surface area contributed by atoms with E-state index in [0.29, 0.717) is 18.7 Å². The first-order valence-corrected chi connectivity index (χ1v) is 8.68. The largest absolute Gasteiger partial charge is 0.478 e. The second kappa shape index (κ2) is 7.79. The molecule has 0 unspecified atom stereocenters. The van der Waals surface area contributed by atoms with E-state index in [9.17, 15) is 9.90 Å². The molecular weight excluding hydrogens is 304 g/mol. The monoisotopic (exact) mass is 330 g/mol. The molecule has 0 aliphatic carbocycles. The third-order valence-electron chi connectivity index (χ3n) is 4.71. The summed E-state index contributed by atoms with van der Waals surface area (Å²) in [5.74, 6) is -0.885. The van der Waals surface area contributed by atoms with Crippen molar-refractivity contribution in [2.45, 2.75) is 19.4 Å². The number of hydrogen-bond donors (Lipinski definition) is 3. The fourth-order valence-electron chi connectivity index (χ4n) is 3.55. The number of nitrogens with two attached hydrogens (primary N) is 1. The first kappa shape index (κ1) is 17.0. The Morgan fingerprint density at radius 1 is 1.25 bits per heavy atom. The summed E-state index contributed by atoms with van der Waals surface area (Å²) in [7, 11) is 0. The molecule has 1 aliphatic rings. The van der Waals surface area contributed by atoms with E-state index in [1.54, 1.807) is 6.07 Å². The van der Waals surface area contributed by atoms with E-state index in [-0.39, 0.29) is 0 Å². The van der Waals surface area contributed by atoms with E-state index < -0.39 is 5.97 Å². The van der Waals surface area contributed by atoms with Crippen molar-refractivity contribution in [2.24, 2.45) is 5.73 Å². The van der Waals surface area contributed by atoms with Gasteiger partial charge in [-0.25, -0.2) is 4.79 Å². The summed E-state index contributed by atoms with van der Waals surface area (Å²) in [4.78, 5) is 14.0. The molecule has 6 nitrogen and oxygen atoms in total. The summed E-state index contributed by atoms with van der Waals surface area (Å²) in [6.07, 6.45) is 4.13. The standard InChI is InChI=1S/C18H26N4O2/c19-6-10-22-13-14(3-2-9-21-11-7-20-8-12-21)15-4-1-5-16(17(15)22)18(23)24/h1,4-5,13,20H,2-3,6-12,19H2,(H,23,24). The summed E-state index contributed by atoms with van der Waals surface area (Å²) >= 11 is 0. The maximum absolute atomic E-state index is 11.5. The topological polar surface area (TPSA) is 83.5 Å². The average Bonchev–Trinajstić information content (AvgIpc) is 2.94. The van der Waals surface area contributed by atoms with E-state index in [1.165, 1.54) is 5.56 Å². The number of aromatic nitrogens is 1. The predicted molar refractivity (Wildman–Crippen MR) is 95.6 cm³/mol. The SMILES string of the molecule is NCCn1cc(CCCN2CCNCC2)c2cccc(C(=O)O)c21. The van der Waals surface area contributed by atoms with Crippen LogP contribution in [-0.4, -0.2) is 59.8 Å². The van der Waals surface area contributed by atoms with Gasteiger partial charge in [0.25, 0.3) is 0 Å². The number of rotatable bonds is 7. The molecule has 0 atom stereocenters. The van der Waals surface area contributed by atoms with Gasteiger partial charge in [-0.2, -0.15) is 0 Å². The Morgan fingerprint density at radius 2 is 2.04 bits per heavy atom. The van der Waals surface area contributed by atoms with Gasteiger partial charge < -0.3 is 25.6 Å². The lowest BCUT2D eigenvalue weighted by Gasteiger charge is -2.26. The van der Waals surface area contributed by atoms with Crippen LogP contribution < -0.4 is 11.1 Å². The minimum atomic E-state index is -0.885. The number of para-hydroxylation sites is 1. The molecule has 130 valence electrons. The maximum atomic E-state index is 11.5. The number of hydrogen-bond acceptors (Lipinski definition) is 4. The fourth-order valence-corrected chi connectivity index (χ4v) is 3.55. The molecule has 3 rings (SSSR count). The van der Waals surface area contributed by atoms with Gasteiger partial charge in [0.2, 0.25) is 0 Å². The van der Waals surface area contributed by atoms with Crippen molar-refractivity contribution in [3.63, 3.8) is 0 Å². The molecule has 0 bridgehead atoms. The molecule has 24 heavy (non-hydrogen) atoms. The van der Waals surface area contributed by atoms with Crippen LogP contribution in [0.4, 0.5) is 0 Å². The molecule has 2 heterocycles. The van der Waals surface area contributed by atoms with E-state index in [4.69, 9.17) is 5.73 Å². The number of fused-ring (bicyclic) bond motifs is 1. The molecule has 4 N–H and O–H groups in total. The lowest BCUT2D eigenvalue weighted by molar-refractivity contribution is 0.0698. The first-order chi connectivity index (χ1) is 11.7. The van der Waals surface area contributed by atoms with Crippen LogP contribution in [-0.2, 0) is 13.0 Å². The summed E-state index contributed by atoms with van der Waals surface area (Å²) in [6.45, 7) is 6.58. The highest BCUT2D eigenvalue weighted by Crippen LogP contribution is 2.26. The van der Waals surface area contributed by atoms with E-state index in [2.05, 4.69) is 16.4 Å². The molecule has 1 aromatic carbocycles. The van der Waals surface area contributed by atoms with Crippen LogP contribution in [0.3, 0.4) is 0 Å².